The summed E-state index contributed by atoms with van der Waals surface area (Å²) in [5.74, 6) is 1.41. The van der Waals surface area contributed by atoms with Gasteiger partial charge in [-0.2, -0.15) is 0 Å². The number of nitrogens with one attached hydrogen (secondary N) is 1. The second kappa shape index (κ2) is 7.38. The van der Waals surface area contributed by atoms with Gasteiger partial charge in [0.05, 0.1) is 12.8 Å². The molecule has 2 amide bonds. The molecule has 0 aliphatic carbocycles. The van der Waals surface area contributed by atoms with Crippen molar-refractivity contribution in [2.24, 2.45) is 4.99 Å². The minimum Gasteiger partial charge on any atom is -0.495 e. The van der Waals surface area contributed by atoms with E-state index in [4.69, 9.17) is 4.74 Å². The monoisotopic (exact) mass is 337 g/mol. The maximum absolute atomic E-state index is 13.0. The number of ether oxygens (including phenoxy) is 1. The first-order valence-corrected chi connectivity index (χ1v) is 8.45. The predicted molar refractivity (Wildman–Crippen MR) is 102 cm³/mol. The number of anilines is 2. The zero-order valence-corrected chi connectivity index (χ0v) is 14.9. The van der Waals surface area contributed by atoms with Crippen LogP contribution in [0.2, 0.25) is 0 Å². The summed E-state index contributed by atoms with van der Waals surface area (Å²) < 4.78 is 5.44. The number of hydrogen-bond acceptors (Lipinski definition) is 3. The number of urea groups is 1. The van der Waals surface area contributed by atoms with Crippen LogP contribution in [0.4, 0.5) is 16.2 Å². The Morgan fingerprint density at radius 3 is 2.64 bits per heavy atom. The van der Waals surface area contributed by atoms with Gasteiger partial charge in [0, 0.05) is 18.7 Å². The van der Waals surface area contributed by atoms with Crippen LogP contribution in [0.1, 0.15) is 24.0 Å². The Morgan fingerprint density at radius 1 is 1.16 bits per heavy atom. The third kappa shape index (κ3) is 3.65. The van der Waals surface area contributed by atoms with E-state index in [-0.39, 0.29) is 6.03 Å². The molecule has 0 radical (unpaired) electrons. The average Bonchev–Trinajstić information content (AvgIpc) is 3.13. The quantitative estimate of drug-likeness (QED) is 0.894. The first kappa shape index (κ1) is 17.0. The largest absolute Gasteiger partial charge is 0.495 e. The Labute approximate surface area is 148 Å². The van der Waals surface area contributed by atoms with Crippen molar-refractivity contribution in [1.29, 1.82) is 0 Å². The molecule has 0 unspecified atom stereocenters. The lowest BCUT2D eigenvalue weighted by atomic mass is 10.1. The van der Waals surface area contributed by atoms with Crippen LogP contribution in [0.3, 0.4) is 0 Å². The van der Waals surface area contributed by atoms with Crippen molar-refractivity contribution in [2.45, 2.75) is 26.7 Å². The van der Waals surface area contributed by atoms with Gasteiger partial charge in [0.25, 0.3) is 0 Å². The van der Waals surface area contributed by atoms with Gasteiger partial charge < -0.3 is 10.1 Å². The smallest absolute Gasteiger partial charge is 0.332 e. The van der Waals surface area contributed by atoms with E-state index in [0.29, 0.717) is 11.4 Å². The average molecular weight is 337 g/mol. The Morgan fingerprint density at radius 2 is 1.96 bits per heavy atom. The fourth-order valence-electron chi connectivity index (χ4n) is 2.89. The van der Waals surface area contributed by atoms with E-state index in [1.54, 1.807) is 12.0 Å². The molecular weight excluding hydrogens is 314 g/mol. The molecular formula is C20H23N3O2. The van der Waals surface area contributed by atoms with Gasteiger partial charge in [0.1, 0.15) is 11.6 Å². The van der Waals surface area contributed by atoms with Gasteiger partial charge in [-0.25, -0.2) is 9.69 Å². The summed E-state index contributed by atoms with van der Waals surface area (Å²) in [4.78, 5) is 19.2. The van der Waals surface area contributed by atoms with Crippen molar-refractivity contribution in [3.63, 3.8) is 0 Å². The van der Waals surface area contributed by atoms with Crippen LogP contribution >= 0.6 is 0 Å². The zero-order chi connectivity index (χ0) is 17.8. The molecule has 3 rings (SSSR count). The van der Waals surface area contributed by atoms with Crippen molar-refractivity contribution < 1.29 is 9.53 Å². The third-order valence-electron chi connectivity index (χ3n) is 4.40. The second-order valence-electron chi connectivity index (χ2n) is 6.14. The summed E-state index contributed by atoms with van der Waals surface area (Å²) in [7, 11) is 1.61. The highest BCUT2D eigenvalue weighted by Crippen LogP contribution is 2.30. The van der Waals surface area contributed by atoms with Gasteiger partial charge in [0.15, 0.2) is 0 Å². The van der Waals surface area contributed by atoms with Crippen LogP contribution in [0.15, 0.2) is 47.5 Å². The number of methoxy groups -OCH3 is 1. The van der Waals surface area contributed by atoms with E-state index in [2.05, 4.69) is 17.2 Å². The summed E-state index contributed by atoms with van der Waals surface area (Å²) in [6, 6.07) is 13.2. The van der Waals surface area contributed by atoms with Gasteiger partial charge >= 0.3 is 6.03 Å². The molecule has 1 aliphatic rings. The highest BCUT2D eigenvalue weighted by molar-refractivity contribution is 6.21. The normalized spacial score (nSPS) is 13.3. The van der Waals surface area contributed by atoms with Gasteiger partial charge in [-0.05, 0) is 55.7 Å². The van der Waals surface area contributed by atoms with Gasteiger partial charge in [-0.15, -0.1) is 0 Å². The van der Waals surface area contributed by atoms with Gasteiger partial charge in [-0.3, -0.25) is 4.99 Å². The summed E-state index contributed by atoms with van der Waals surface area (Å²) >= 11 is 0. The van der Waals surface area contributed by atoms with E-state index < -0.39 is 0 Å². The molecule has 5 heteroatoms. The maximum Gasteiger partial charge on any atom is 0.332 e. The summed E-state index contributed by atoms with van der Waals surface area (Å²) in [6.45, 7) is 4.83. The lowest BCUT2D eigenvalue weighted by Gasteiger charge is -2.25. The number of benzene rings is 2. The Hall–Kier alpha value is -2.82. The molecule has 2 aromatic rings. The molecule has 0 saturated heterocycles. The van der Waals surface area contributed by atoms with Crippen LogP contribution in [0, 0.1) is 13.8 Å². The van der Waals surface area contributed by atoms with E-state index in [9.17, 15) is 4.79 Å². The number of rotatable bonds is 3. The number of amides is 2. The van der Waals surface area contributed by atoms with Crippen LogP contribution in [0.25, 0.3) is 0 Å². The Bertz CT molecular complexity index is 814. The predicted octanol–water partition coefficient (Wildman–Crippen LogP) is 4.54. The number of nitrogens with zero attached hydrogens (tertiary/aromatic N) is 2. The molecule has 25 heavy (non-hydrogen) atoms. The number of aryl methyl sites for hydroxylation is 2. The first-order chi connectivity index (χ1) is 12.1. The molecule has 0 aromatic heterocycles. The zero-order valence-electron chi connectivity index (χ0n) is 14.9. The van der Waals surface area contributed by atoms with Crippen molar-refractivity contribution >= 4 is 23.2 Å². The van der Waals surface area contributed by atoms with Crippen molar-refractivity contribution in [1.82, 2.24) is 0 Å². The summed E-state index contributed by atoms with van der Waals surface area (Å²) in [5, 5.41) is 2.99. The van der Waals surface area contributed by atoms with Gasteiger partial charge in [-0.1, -0.05) is 18.2 Å². The highest BCUT2D eigenvalue weighted by Gasteiger charge is 2.26. The Balaban J connectivity index is 1.94. The van der Waals surface area contributed by atoms with E-state index in [1.807, 2.05) is 49.4 Å². The molecule has 0 saturated carbocycles. The minimum absolute atomic E-state index is 0.228. The number of aliphatic imine (C=N–C) groups is 1. The van der Waals surface area contributed by atoms with Crippen molar-refractivity contribution in [3.05, 3.63) is 53.6 Å². The van der Waals surface area contributed by atoms with Crippen LogP contribution in [0.5, 0.6) is 5.75 Å². The van der Waals surface area contributed by atoms with Crippen molar-refractivity contribution in [2.75, 3.05) is 23.9 Å². The van der Waals surface area contributed by atoms with Gasteiger partial charge in [0.2, 0.25) is 0 Å². The molecule has 0 atom stereocenters. The SMILES string of the molecule is COc1ccccc1N(C(=O)Nc1ccc(C)c(C)c1)C1=NCCC1. The third-order valence-corrected chi connectivity index (χ3v) is 4.40. The molecule has 5 nitrogen and oxygen atoms in total. The molecule has 1 N–H and O–H groups in total. The molecule has 0 spiro atoms. The first-order valence-electron chi connectivity index (χ1n) is 8.45. The number of carbonyl (C=O) groups is 1. The molecule has 0 fully saturated rings. The fourth-order valence-corrected chi connectivity index (χ4v) is 2.89. The number of hydrogen-bond donors (Lipinski definition) is 1. The number of amidine groups is 1. The molecule has 2 aromatic carbocycles. The summed E-state index contributed by atoms with van der Waals surface area (Å²) in [6.07, 6.45) is 1.73. The lowest BCUT2D eigenvalue weighted by Crippen LogP contribution is -2.39. The maximum atomic E-state index is 13.0. The van der Waals surface area contributed by atoms with Crippen LogP contribution < -0.4 is 15.0 Å². The number of para-hydroxylation sites is 2. The van der Waals surface area contributed by atoms with Crippen molar-refractivity contribution in [3.8, 4) is 5.75 Å². The summed E-state index contributed by atoms with van der Waals surface area (Å²) in [5.41, 5.74) is 3.80. The van der Waals surface area contributed by atoms with Crippen LogP contribution in [-0.2, 0) is 0 Å². The van der Waals surface area contributed by atoms with Crippen LogP contribution in [-0.4, -0.2) is 25.5 Å². The molecule has 0 bridgehead atoms. The number of carbonyl (C=O) groups excluding carboxylic acids is 1. The van der Waals surface area contributed by atoms with E-state index in [0.717, 1.165) is 36.5 Å². The highest BCUT2D eigenvalue weighted by atomic mass is 16.5. The van der Waals surface area contributed by atoms with E-state index in [1.165, 1.54) is 5.56 Å². The molecule has 130 valence electrons. The standard InChI is InChI=1S/C20H23N3O2/c1-14-10-11-16(13-15(14)2)22-20(24)23(19-9-6-12-21-19)17-7-4-5-8-18(17)25-3/h4-5,7-8,10-11,13H,6,9,12H2,1-3H3,(H,22,24). The molecule has 1 heterocycles. The fraction of sp³-hybridized carbons (Fsp3) is 0.300. The Kier molecular flexibility index (Phi) is 5.03. The topological polar surface area (TPSA) is 53.9 Å². The molecule has 1 aliphatic heterocycles. The lowest BCUT2D eigenvalue weighted by molar-refractivity contribution is 0.259. The second-order valence-corrected chi connectivity index (χ2v) is 6.14. The minimum atomic E-state index is -0.228. The van der Waals surface area contributed by atoms with E-state index >= 15 is 0 Å².